The van der Waals surface area contributed by atoms with Gasteiger partial charge in [-0.3, -0.25) is 4.79 Å². The third-order valence-electron chi connectivity index (χ3n) is 5.47. The zero-order valence-electron chi connectivity index (χ0n) is 15.9. The fraction of sp³-hybridized carbons (Fsp3) is 0.450. The number of carbonyl (C=O) groups excluding carboxylic acids is 1. The summed E-state index contributed by atoms with van der Waals surface area (Å²) in [4.78, 5) is 21.7. The Morgan fingerprint density at radius 2 is 2.15 bits per heavy atom. The maximum absolute atomic E-state index is 12.9. The summed E-state index contributed by atoms with van der Waals surface area (Å²) < 4.78 is 5.92. The minimum absolute atomic E-state index is 0.00845. The van der Waals surface area contributed by atoms with Crippen molar-refractivity contribution in [2.45, 2.75) is 50.5 Å². The van der Waals surface area contributed by atoms with Crippen LogP contribution < -0.4 is 5.32 Å². The molecule has 0 saturated heterocycles. The number of aromatic nitrogens is 2. The monoisotopic (exact) mass is 401 g/mol. The molecule has 1 N–H and O–H groups in total. The number of nitrogens with one attached hydrogen (secondary N) is 1. The van der Waals surface area contributed by atoms with E-state index in [-0.39, 0.29) is 5.91 Å². The Balaban J connectivity index is 1.60. The summed E-state index contributed by atoms with van der Waals surface area (Å²) in [7, 11) is -1.13. The third kappa shape index (κ3) is 3.42. The molecule has 1 amide bonds. The number of hydrogen-bond acceptors (Lipinski definition) is 4. The number of rotatable bonds is 5. The maximum Gasteiger partial charge on any atom is 0.237 e. The molecule has 0 saturated carbocycles. The Labute approximate surface area is 165 Å². The quantitative estimate of drug-likeness (QED) is 0.467. The van der Waals surface area contributed by atoms with E-state index < -0.39 is 13.5 Å². The van der Waals surface area contributed by atoms with E-state index in [1.807, 2.05) is 18.2 Å². The lowest BCUT2D eigenvalue weighted by molar-refractivity contribution is -0.120. The van der Waals surface area contributed by atoms with Crippen LogP contribution in [0.15, 0.2) is 24.4 Å². The molecule has 7 heteroatoms. The summed E-state index contributed by atoms with van der Waals surface area (Å²) in [6, 6.07) is 6.88. The molecule has 0 aromatic carbocycles. The Hall–Kier alpha value is -1.76. The molecule has 1 aliphatic heterocycles. The first-order valence-corrected chi connectivity index (χ1v) is 13.4. The third-order valence-corrected chi connectivity index (χ3v) is 7.36. The van der Waals surface area contributed by atoms with E-state index in [1.165, 1.54) is 0 Å². The molecule has 0 radical (unpaired) electrons. The second kappa shape index (κ2) is 6.69. The summed E-state index contributed by atoms with van der Waals surface area (Å²) in [6.07, 6.45) is 2.94. The molecule has 0 fully saturated rings. The summed E-state index contributed by atoms with van der Waals surface area (Å²) >= 11 is 6.27. The number of anilines is 1. The van der Waals surface area contributed by atoms with Crippen LogP contribution in [0.1, 0.15) is 22.4 Å². The largest absolute Gasteiger partial charge is 0.375 e. The van der Waals surface area contributed by atoms with E-state index in [0.717, 1.165) is 35.0 Å². The average molecular weight is 402 g/mol. The summed E-state index contributed by atoms with van der Waals surface area (Å²) in [5.41, 5.74) is 3.40. The van der Waals surface area contributed by atoms with Crippen LogP contribution in [0.2, 0.25) is 30.8 Å². The molecule has 0 unspecified atom stereocenters. The zero-order chi connectivity index (χ0) is 19.2. The number of halogens is 1. The van der Waals surface area contributed by atoms with Crippen LogP contribution in [0.4, 0.5) is 5.82 Å². The smallest absolute Gasteiger partial charge is 0.237 e. The molecule has 2 aromatic heterocycles. The van der Waals surface area contributed by atoms with Crippen molar-refractivity contribution in [3.05, 3.63) is 51.9 Å². The van der Waals surface area contributed by atoms with E-state index in [4.69, 9.17) is 16.3 Å². The van der Waals surface area contributed by atoms with Crippen LogP contribution >= 0.6 is 11.6 Å². The molecule has 2 aliphatic rings. The van der Waals surface area contributed by atoms with Crippen LogP contribution in [-0.4, -0.2) is 30.6 Å². The number of nitrogens with zero attached hydrogens (tertiary/aromatic N) is 2. The van der Waals surface area contributed by atoms with Crippen molar-refractivity contribution >= 4 is 31.4 Å². The van der Waals surface area contributed by atoms with Crippen LogP contribution in [0.25, 0.3) is 0 Å². The van der Waals surface area contributed by atoms with Crippen molar-refractivity contribution in [1.82, 2.24) is 9.97 Å². The number of amides is 1. The second-order valence-corrected chi connectivity index (χ2v) is 14.7. The number of ether oxygens (including phenoxy) is 1. The Morgan fingerprint density at radius 3 is 2.93 bits per heavy atom. The highest BCUT2D eigenvalue weighted by molar-refractivity contribution is 6.76. The van der Waals surface area contributed by atoms with Gasteiger partial charge in [0.1, 0.15) is 11.0 Å². The van der Waals surface area contributed by atoms with Crippen molar-refractivity contribution in [1.29, 1.82) is 0 Å². The van der Waals surface area contributed by atoms with Gasteiger partial charge in [-0.15, -0.1) is 0 Å². The van der Waals surface area contributed by atoms with Gasteiger partial charge in [0.25, 0.3) is 0 Å². The van der Waals surface area contributed by atoms with E-state index in [9.17, 15) is 4.79 Å². The number of pyridine rings is 2. The minimum atomic E-state index is -1.13. The van der Waals surface area contributed by atoms with Gasteiger partial charge in [0.15, 0.2) is 0 Å². The highest BCUT2D eigenvalue weighted by Crippen LogP contribution is 2.47. The van der Waals surface area contributed by atoms with Gasteiger partial charge >= 0.3 is 0 Å². The Morgan fingerprint density at radius 1 is 1.33 bits per heavy atom. The molecule has 0 bridgehead atoms. The van der Waals surface area contributed by atoms with Crippen LogP contribution in [0, 0.1) is 0 Å². The van der Waals surface area contributed by atoms with Crippen molar-refractivity contribution in [3.8, 4) is 0 Å². The molecule has 5 nitrogen and oxygen atoms in total. The minimum Gasteiger partial charge on any atom is -0.375 e. The summed E-state index contributed by atoms with van der Waals surface area (Å²) in [5.74, 6) is 0.677. The van der Waals surface area contributed by atoms with Gasteiger partial charge in [0.2, 0.25) is 5.91 Å². The first kappa shape index (κ1) is 18.6. The van der Waals surface area contributed by atoms with E-state index in [1.54, 1.807) is 6.20 Å². The van der Waals surface area contributed by atoms with Gasteiger partial charge in [0, 0.05) is 26.4 Å². The molecular formula is C20H24ClN3O2Si. The van der Waals surface area contributed by atoms with Crippen molar-refractivity contribution < 1.29 is 9.53 Å². The number of hydrogen-bond donors (Lipinski definition) is 1. The van der Waals surface area contributed by atoms with Gasteiger partial charge in [-0.2, -0.15) is 0 Å². The molecule has 1 atom stereocenters. The van der Waals surface area contributed by atoms with Gasteiger partial charge in [0.05, 0.1) is 17.7 Å². The molecule has 142 valence electrons. The number of carbonyl (C=O) groups is 1. The van der Waals surface area contributed by atoms with Gasteiger partial charge < -0.3 is 10.1 Å². The molecule has 1 spiro atoms. The predicted octanol–water partition coefficient (Wildman–Crippen LogP) is 3.97. The molecule has 27 heavy (non-hydrogen) atoms. The molecule has 2 aromatic rings. The molecule has 3 heterocycles. The lowest BCUT2D eigenvalue weighted by atomic mass is 9.79. The molecule has 4 rings (SSSR count). The summed E-state index contributed by atoms with van der Waals surface area (Å²) in [6.45, 7) is 8.17. The van der Waals surface area contributed by atoms with Crippen molar-refractivity contribution in [3.63, 3.8) is 0 Å². The average Bonchev–Trinajstić information content (AvgIpc) is 3.10. The standard InChI is InChI=1S/C20H24ClN3O2Si/c1-27(2,3)8-7-26-12-16-14-11-20(10-13(14)9-17(21)23-16)15-5-4-6-22-18(15)24-19(20)25/h4-6,9H,7-8,10-12H2,1-3H3,(H,22,24,25)/t20-/m1/s1. The SMILES string of the molecule is C[Si](C)(C)CCOCc1nc(Cl)cc2c1C[C@@]1(C2)C(=O)Nc2ncccc21. The second-order valence-electron chi connectivity index (χ2n) is 8.68. The molecular weight excluding hydrogens is 378 g/mol. The van der Waals surface area contributed by atoms with Gasteiger partial charge in [-0.25, -0.2) is 9.97 Å². The topological polar surface area (TPSA) is 64.1 Å². The Bertz CT molecular complexity index is 913. The fourth-order valence-electron chi connectivity index (χ4n) is 3.97. The normalized spacial score (nSPS) is 20.7. The lowest BCUT2D eigenvalue weighted by Crippen LogP contribution is -2.35. The maximum atomic E-state index is 12.9. The first-order chi connectivity index (χ1) is 12.8. The van der Waals surface area contributed by atoms with E-state index >= 15 is 0 Å². The molecule has 1 aliphatic carbocycles. The van der Waals surface area contributed by atoms with Crippen molar-refractivity contribution in [2.75, 3.05) is 11.9 Å². The highest BCUT2D eigenvalue weighted by Gasteiger charge is 2.51. The van der Waals surface area contributed by atoms with Gasteiger partial charge in [-0.1, -0.05) is 37.3 Å². The van der Waals surface area contributed by atoms with Crippen LogP contribution in [0.5, 0.6) is 0 Å². The fourth-order valence-corrected chi connectivity index (χ4v) is 4.96. The Kier molecular flexibility index (Phi) is 4.61. The number of fused-ring (bicyclic) bond motifs is 3. The van der Waals surface area contributed by atoms with E-state index in [0.29, 0.717) is 30.4 Å². The highest BCUT2D eigenvalue weighted by atomic mass is 35.5. The van der Waals surface area contributed by atoms with Gasteiger partial charge in [-0.05, 0) is 42.1 Å². The van der Waals surface area contributed by atoms with Crippen LogP contribution in [0.3, 0.4) is 0 Å². The predicted molar refractivity (Wildman–Crippen MR) is 109 cm³/mol. The zero-order valence-corrected chi connectivity index (χ0v) is 17.7. The van der Waals surface area contributed by atoms with E-state index in [2.05, 4.69) is 34.9 Å². The summed E-state index contributed by atoms with van der Waals surface area (Å²) in [5, 5.41) is 3.40. The van der Waals surface area contributed by atoms with Crippen LogP contribution in [-0.2, 0) is 34.4 Å². The lowest BCUT2D eigenvalue weighted by Gasteiger charge is -2.20. The van der Waals surface area contributed by atoms with Crippen molar-refractivity contribution in [2.24, 2.45) is 0 Å². The first-order valence-electron chi connectivity index (χ1n) is 9.30.